The monoisotopic (exact) mass is 296 g/mol. The number of imidazole rings is 1. The molecule has 0 spiro atoms. The largest absolute Gasteiger partial charge is 0.437 e. The summed E-state index contributed by atoms with van der Waals surface area (Å²) in [5.41, 5.74) is 0.390. The molecule has 1 unspecified atom stereocenters. The molecule has 0 aliphatic heterocycles. The molecule has 0 saturated carbocycles. The summed E-state index contributed by atoms with van der Waals surface area (Å²) in [6, 6.07) is 0. The van der Waals surface area contributed by atoms with E-state index in [1.165, 1.54) is 34.8 Å². The van der Waals surface area contributed by atoms with Crippen LogP contribution in [0.1, 0.15) is 18.8 Å². The van der Waals surface area contributed by atoms with Gasteiger partial charge in [-0.3, -0.25) is 4.79 Å². The lowest BCUT2D eigenvalue weighted by molar-refractivity contribution is -0.396. The second-order valence-electron chi connectivity index (χ2n) is 4.05. The van der Waals surface area contributed by atoms with E-state index in [-0.39, 0.29) is 12.5 Å². The van der Waals surface area contributed by atoms with E-state index >= 15 is 0 Å². The molecule has 21 heavy (non-hydrogen) atoms. The fourth-order valence-corrected chi connectivity index (χ4v) is 1.66. The minimum atomic E-state index is -0.985. The van der Waals surface area contributed by atoms with Gasteiger partial charge in [0.1, 0.15) is 31.2 Å². The molecule has 1 atom stereocenters. The van der Waals surface area contributed by atoms with E-state index in [4.69, 9.17) is 9.84 Å². The van der Waals surface area contributed by atoms with E-state index in [0.717, 1.165) is 0 Å². The van der Waals surface area contributed by atoms with Gasteiger partial charge >= 0.3 is 11.9 Å². The van der Waals surface area contributed by atoms with Gasteiger partial charge < -0.3 is 20.0 Å². The van der Waals surface area contributed by atoms with E-state index in [1.54, 1.807) is 0 Å². The highest BCUT2D eigenvalue weighted by molar-refractivity contribution is 5.66. The molecule has 0 radical (unpaired) electrons. The smallest absolute Gasteiger partial charge is 0.434 e. The number of nitrogens with zero attached hydrogens (tertiary/aromatic N) is 6. The van der Waals surface area contributed by atoms with Gasteiger partial charge in [-0.15, -0.1) is 5.10 Å². The normalized spacial score (nSPS) is 12.1. The summed E-state index contributed by atoms with van der Waals surface area (Å²) in [5.74, 6) is -0.889. The molecule has 0 aromatic carbocycles. The highest BCUT2D eigenvalue weighted by Crippen LogP contribution is 2.12. The predicted molar refractivity (Wildman–Crippen MR) is 65.9 cm³/mol. The maximum atomic E-state index is 10.9. The van der Waals surface area contributed by atoms with E-state index in [1.807, 2.05) is 0 Å². The molecular formula is C10H12N6O5. The lowest BCUT2D eigenvalue weighted by atomic mass is 10.4. The van der Waals surface area contributed by atoms with Crippen LogP contribution in [0.25, 0.3) is 0 Å². The molecule has 2 heterocycles. The Morgan fingerprint density at radius 3 is 3.00 bits per heavy atom. The molecule has 0 bridgehead atoms. The van der Waals surface area contributed by atoms with Crippen LogP contribution in [-0.2, 0) is 16.1 Å². The topological polar surface area (TPSA) is 138 Å². The molecule has 2 rings (SSSR count). The standard InChI is InChI=1S/C10H12N6O5/c1-7(18)21-9(6-17)15-5-8(12-13-15)4-14-3-2-11-10(14)16(19)20/h2-3,5,9,17H,4,6H2,1H3. The van der Waals surface area contributed by atoms with E-state index in [2.05, 4.69) is 15.3 Å². The van der Waals surface area contributed by atoms with Crippen molar-refractivity contribution < 1.29 is 19.6 Å². The molecular weight excluding hydrogens is 284 g/mol. The van der Waals surface area contributed by atoms with Crippen LogP contribution in [0.15, 0.2) is 18.6 Å². The zero-order valence-corrected chi connectivity index (χ0v) is 11.0. The molecule has 11 heteroatoms. The summed E-state index contributed by atoms with van der Waals surface area (Å²) in [7, 11) is 0. The number of nitro groups is 1. The van der Waals surface area contributed by atoms with Crippen molar-refractivity contribution in [2.75, 3.05) is 6.61 Å². The second kappa shape index (κ2) is 6.09. The highest BCUT2D eigenvalue weighted by atomic mass is 16.6. The first kappa shape index (κ1) is 14.6. The number of ether oxygens (including phenoxy) is 1. The van der Waals surface area contributed by atoms with Crippen molar-refractivity contribution >= 4 is 11.9 Å². The summed E-state index contributed by atoms with van der Waals surface area (Å²) in [4.78, 5) is 24.6. The van der Waals surface area contributed by atoms with Crippen LogP contribution < -0.4 is 0 Å². The van der Waals surface area contributed by atoms with Crippen molar-refractivity contribution in [2.45, 2.75) is 19.7 Å². The summed E-state index contributed by atoms with van der Waals surface area (Å²) in [6.07, 6.45) is 3.18. The first-order valence-corrected chi connectivity index (χ1v) is 5.85. The number of hydrogen-bond donors (Lipinski definition) is 1. The van der Waals surface area contributed by atoms with Gasteiger partial charge in [0.2, 0.25) is 6.23 Å². The van der Waals surface area contributed by atoms with Gasteiger partial charge in [0.25, 0.3) is 0 Å². The average Bonchev–Trinajstić information content (AvgIpc) is 3.05. The van der Waals surface area contributed by atoms with Crippen LogP contribution in [0.2, 0.25) is 0 Å². The SMILES string of the molecule is CC(=O)OC(CO)n1cc(Cn2ccnc2[N+](=O)[O-])nn1. The maximum Gasteiger partial charge on any atom is 0.434 e. The van der Waals surface area contributed by atoms with Crippen molar-refractivity contribution in [2.24, 2.45) is 0 Å². The lowest BCUT2D eigenvalue weighted by Crippen LogP contribution is -2.19. The molecule has 0 aliphatic rings. The first-order valence-electron chi connectivity index (χ1n) is 5.85. The second-order valence-corrected chi connectivity index (χ2v) is 4.05. The Morgan fingerprint density at radius 1 is 1.62 bits per heavy atom. The molecule has 2 aromatic rings. The lowest BCUT2D eigenvalue weighted by Gasteiger charge is -2.13. The summed E-state index contributed by atoms with van der Waals surface area (Å²) in [5, 5.41) is 27.4. The molecule has 1 N–H and O–H groups in total. The fourth-order valence-electron chi connectivity index (χ4n) is 1.66. The zero-order chi connectivity index (χ0) is 15.4. The third-order valence-corrected chi connectivity index (χ3v) is 2.50. The summed E-state index contributed by atoms with van der Waals surface area (Å²) < 4.78 is 7.29. The third kappa shape index (κ3) is 3.39. The minimum Gasteiger partial charge on any atom is -0.437 e. The number of aromatic nitrogens is 5. The van der Waals surface area contributed by atoms with Gasteiger partial charge in [-0.2, -0.15) is 0 Å². The van der Waals surface area contributed by atoms with Crippen LogP contribution in [0.4, 0.5) is 5.95 Å². The van der Waals surface area contributed by atoms with Gasteiger partial charge in [-0.1, -0.05) is 10.2 Å². The van der Waals surface area contributed by atoms with Crippen molar-refractivity contribution in [1.82, 2.24) is 24.5 Å². The number of carbonyl (C=O) groups is 1. The number of rotatable bonds is 6. The zero-order valence-electron chi connectivity index (χ0n) is 11.0. The molecule has 0 aliphatic carbocycles. The quantitative estimate of drug-likeness (QED) is 0.427. The molecule has 112 valence electrons. The number of hydrogen-bond acceptors (Lipinski definition) is 8. The Morgan fingerprint density at radius 2 is 2.38 bits per heavy atom. The molecule has 0 fully saturated rings. The Balaban J connectivity index is 2.14. The molecule has 2 aromatic heterocycles. The van der Waals surface area contributed by atoms with Gasteiger partial charge in [0.05, 0.1) is 6.20 Å². The van der Waals surface area contributed by atoms with Gasteiger partial charge in [-0.25, -0.2) is 9.25 Å². The fraction of sp³-hybridized carbons (Fsp3) is 0.400. The number of carbonyl (C=O) groups excluding carboxylic acids is 1. The minimum absolute atomic E-state index is 0.0779. The van der Waals surface area contributed by atoms with Crippen molar-refractivity contribution in [1.29, 1.82) is 0 Å². The Labute approximate surface area is 117 Å². The van der Waals surface area contributed by atoms with Crippen LogP contribution in [-0.4, -0.2) is 47.2 Å². The molecule has 0 saturated heterocycles. The van der Waals surface area contributed by atoms with Crippen LogP contribution in [0.3, 0.4) is 0 Å². The third-order valence-electron chi connectivity index (χ3n) is 2.50. The maximum absolute atomic E-state index is 10.9. The molecule has 11 nitrogen and oxygen atoms in total. The summed E-state index contributed by atoms with van der Waals surface area (Å²) in [6.45, 7) is 0.817. The van der Waals surface area contributed by atoms with Gasteiger partial charge in [-0.05, 0) is 4.92 Å². The van der Waals surface area contributed by atoms with Gasteiger partial charge in [0.15, 0.2) is 0 Å². The van der Waals surface area contributed by atoms with Crippen molar-refractivity contribution in [3.05, 3.63) is 34.4 Å². The van der Waals surface area contributed by atoms with E-state index in [9.17, 15) is 14.9 Å². The van der Waals surface area contributed by atoms with E-state index in [0.29, 0.717) is 5.69 Å². The van der Waals surface area contributed by atoms with Gasteiger partial charge in [0, 0.05) is 6.92 Å². The van der Waals surface area contributed by atoms with Crippen LogP contribution in [0.5, 0.6) is 0 Å². The first-order chi connectivity index (χ1) is 10.0. The van der Waals surface area contributed by atoms with Crippen LogP contribution >= 0.6 is 0 Å². The van der Waals surface area contributed by atoms with Crippen molar-refractivity contribution in [3.8, 4) is 0 Å². The number of esters is 1. The Kier molecular flexibility index (Phi) is 4.23. The molecule has 0 amide bonds. The number of aliphatic hydroxyl groups excluding tert-OH is 1. The predicted octanol–water partition coefficient (Wildman–Crippen LogP) is -0.515. The Hall–Kier alpha value is -2.82. The van der Waals surface area contributed by atoms with E-state index < -0.39 is 23.7 Å². The highest BCUT2D eigenvalue weighted by Gasteiger charge is 2.18. The summed E-state index contributed by atoms with van der Waals surface area (Å²) >= 11 is 0. The number of aliphatic hydroxyl groups is 1. The Bertz CT molecular complexity index is 650. The van der Waals surface area contributed by atoms with Crippen LogP contribution in [0, 0.1) is 10.1 Å². The van der Waals surface area contributed by atoms with Crippen molar-refractivity contribution in [3.63, 3.8) is 0 Å². The average molecular weight is 296 g/mol.